The Balaban J connectivity index is 1.72. The van der Waals surface area contributed by atoms with Gasteiger partial charge in [0.1, 0.15) is 0 Å². The number of aromatic nitrogens is 5. The summed E-state index contributed by atoms with van der Waals surface area (Å²) in [5.41, 5.74) is 0.881. The van der Waals surface area contributed by atoms with Crippen molar-refractivity contribution in [2.45, 2.75) is 25.3 Å². The van der Waals surface area contributed by atoms with E-state index in [1.54, 1.807) is 4.90 Å². The summed E-state index contributed by atoms with van der Waals surface area (Å²) in [4.78, 5) is 28.7. The van der Waals surface area contributed by atoms with Crippen molar-refractivity contribution in [3.05, 3.63) is 46.3 Å². The SMILES string of the molecule is O=C(c1n[nH]c2ccccc12)N1CCCCC1c1n[nH]c(=O)[nH]1. The molecule has 0 radical (unpaired) electrons. The molecule has 4 rings (SSSR count). The molecule has 0 bridgehead atoms. The van der Waals surface area contributed by atoms with E-state index in [1.165, 1.54) is 0 Å². The minimum atomic E-state index is -0.358. The quantitative estimate of drug-likeness (QED) is 0.663. The predicted molar refractivity (Wildman–Crippen MR) is 82.9 cm³/mol. The first kappa shape index (κ1) is 13.7. The summed E-state index contributed by atoms with van der Waals surface area (Å²) in [5, 5.41) is 14.2. The van der Waals surface area contributed by atoms with Gasteiger partial charge in [-0.25, -0.2) is 9.89 Å². The standard InChI is InChI=1S/C15H16N6O2/c22-14(12-9-5-1-2-6-10(9)17-18-12)21-8-4-3-7-11(21)13-16-15(23)20-19-13/h1-2,5-6,11H,3-4,7-8H2,(H,17,18)(H2,16,19,20,23). The molecule has 8 nitrogen and oxygen atoms in total. The highest BCUT2D eigenvalue weighted by Gasteiger charge is 2.32. The zero-order valence-electron chi connectivity index (χ0n) is 12.4. The van der Waals surface area contributed by atoms with Crippen LogP contribution in [0.15, 0.2) is 29.1 Å². The second-order valence-corrected chi connectivity index (χ2v) is 5.69. The maximum Gasteiger partial charge on any atom is 0.340 e. The molecule has 1 aliphatic rings. The number of benzene rings is 1. The molecule has 3 aromatic rings. The Labute approximate surface area is 130 Å². The predicted octanol–water partition coefficient (Wildman–Crippen LogP) is 1.34. The van der Waals surface area contributed by atoms with Crippen molar-refractivity contribution in [1.82, 2.24) is 30.3 Å². The van der Waals surface area contributed by atoms with Crippen LogP contribution in [0.25, 0.3) is 10.9 Å². The topological polar surface area (TPSA) is 111 Å². The largest absolute Gasteiger partial charge is 0.340 e. The molecule has 2 aromatic heterocycles. The lowest BCUT2D eigenvalue weighted by Gasteiger charge is -2.33. The van der Waals surface area contributed by atoms with Crippen LogP contribution in [-0.2, 0) is 0 Å². The van der Waals surface area contributed by atoms with Gasteiger partial charge in [-0.05, 0) is 25.3 Å². The van der Waals surface area contributed by atoms with Crippen LogP contribution in [0.4, 0.5) is 0 Å². The lowest BCUT2D eigenvalue weighted by molar-refractivity contribution is 0.0596. The molecule has 0 spiro atoms. The molecule has 8 heteroatoms. The van der Waals surface area contributed by atoms with Crippen molar-refractivity contribution in [3.8, 4) is 0 Å². The number of amides is 1. The van der Waals surface area contributed by atoms with E-state index in [0.717, 1.165) is 30.2 Å². The van der Waals surface area contributed by atoms with E-state index in [-0.39, 0.29) is 17.6 Å². The number of aromatic amines is 3. The van der Waals surface area contributed by atoms with Crippen LogP contribution in [0, 0.1) is 0 Å². The number of hydrogen-bond donors (Lipinski definition) is 3. The number of H-pyrrole nitrogens is 3. The number of carbonyl (C=O) groups excluding carboxylic acids is 1. The molecule has 118 valence electrons. The Morgan fingerprint density at radius 2 is 2.04 bits per heavy atom. The zero-order valence-corrected chi connectivity index (χ0v) is 12.4. The highest BCUT2D eigenvalue weighted by Crippen LogP contribution is 2.30. The van der Waals surface area contributed by atoms with Gasteiger partial charge in [0.15, 0.2) is 11.5 Å². The Bertz CT molecular complexity index is 908. The summed E-state index contributed by atoms with van der Waals surface area (Å²) in [6, 6.07) is 7.31. The van der Waals surface area contributed by atoms with Crippen molar-refractivity contribution < 1.29 is 4.79 Å². The third-order valence-corrected chi connectivity index (χ3v) is 4.27. The molecule has 1 unspecified atom stereocenters. The van der Waals surface area contributed by atoms with Crippen molar-refractivity contribution >= 4 is 16.8 Å². The lowest BCUT2D eigenvalue weighted by atomic mass is 10.0. The van der Waals surface area contributed by atoms with Crippen LogP contribution < -0.4 is 5.69 Å². The Hall–Kier alpha value is -2.90. The third-order valence-electron chi connectivity index (χ3n) is 4.27. The summed E-state index contributed by atoms with van der Waals surface area (Å²) < 4.78 is 0. The fourth-order valence-corrected chi connectivity index (χ4v) is 3.16. The van der Waals surface area contributed by atoms with Gasteiger partial charge in [-0.15, -0.1) is 0 Å². The molecule has 1 fully saturated rings. The molecule has 3 N–H and O–H groups in total. The number of hydrogen-bond acceptors (Lipinski definition) is 4. The normalized spacial score (nSPS) is 18.4. The van der Waals surface area contributed by atoms with Gasteiger partial charge in [-0.3, -0.25) is 14.9 Å². The van der Waals surface area contributed by atoms with Gasteiger partial charge in [-0.1, -0.05) is 18.2 Å². The van der Waals surface area contributed by atoms with E-state index in [1.807, 2.05) is 24.3 Å². The smallest absolute Gasteiger partial charge is 0.327 e. The van der Waals surface area contributed by atoms with E-state index < -0.39 is 0 Å². The molecule has 1 atom stereocenters. The van der Waals surface area contributed by atoms with Crippen molar-refractivity contribution in [1.29, 1.82) is 0 Å². The molecule has 1 saturated heterocycles. The molecule has 1 amide bonds. The maximum absolute atomic E-state index is 13.0. The molecular weight excluding hydrogens is 296 g/mol. The average Bonchev–Trinajstić information content (AvgIpc) is 3.20. The molecule has 23 heavy (non-hydrogen) atoms. The number of piperidine rings is 1. The van der Waals surface area contributed by atoms with E-state index in [0.29, 0.717) is 18.1 Å². The summed E-state index contributed by atoms with van der Waals surface area (Å²) >= 11 is 0. The van der Waals surface area contributed by atoms with Gasteiger partial charge in [-0.2, -0.15) is 10.2 Å². The number of carbonyl (C=O) groups is 1. The van der Waals surface area contributed by atoms with Gasteiger partial charge in [0.25, 0.3) is 5.91 Å². The molecular formula is C15H16N6O2. The highest BCUT2D eigenvalue weighted by molar-refractivity contribution is 6.04. The van der Waals surface area contributed by atoms with Gasteiger partial charge in [0.2, 0.25) is 0 Å². The molecule has 0 saturated carbocycles. The van der Waals surface area contributed by atoms with Gasteiger partial charge < -0.3 is 4.90 Å². The van der Waals surface area contributed by atoms with Crippen LogP contribution in [0.3, 0.4) is 0 Å². The number of likely N-dealkylation sites (tertiary alicyclic amines) is 1. The van der Waals surface area contributed by atoms with Crippen LogP contribution in [0.5, 0.6) is 0 Å². The summed E-state index contributed by atoms with van der Waals surface area (Å²) in [6.45, 7) is 0.625. The lowest BCUT2D eigenvalue weighted by Crippen LogP contribution is -2.39. The van der Waals surface area contributed by atoms with Crippen LogP contribution in [0.2, 0.25) is 0 Å². The Morgan fingerprint density at radius 1 is 1.17 bits per heavy atom. The molecule has 1 aliphatic heterocycles. The molecule has 0 aliphatic carbocycles. The third kappa shape index (κ3) is 2.32. The average molecular weight is 312 g/mol. The summed E-state index contributed by atoms with van der Waals surface area (Å²) in [6.07, 6.45) is 2.69. The monoisotopic (exact) mass is 312 g/mol. The van der Waals surface area contributed by atoms with E-state index in [9.17, 15) is 9.59 Å². The van der Waals surface area contributed by atoms with E-state index in [4.69, 9.17) is 0 Å². The zero-order chi connectivity index (χ0) is 15.8. The molecule has 3 heterocycles. The van der Waals surface area contributed by atoms with Gasteiger partial charge in [0.05, 0.1) is 11.6 Å². The van der Waals surface area contributed by atoms with Crippen LogP contribution in [0.1, 0.15) is 41.6 Å². The summed E-state index contributed by atoms with van der Waals surface area (Å²) in [7, 11) is 0. The van der Waals surface area contributed by atoms with E-state index >= 15 is 0 Å². The number of para-hydroxylation sites is 1. The van der Waals surface area contributed by atoms with Gasteiger partial charge in [0, 0.05) is 11.9 Å². The minimum absolute atomic E-state index is 0.143. The summed E-state index contributed by atoms with van der Waals surface area (Å²) in [5.74, 6) is 0.360. The number of fused-ring (bicyclic) bond motifs is 1. The van der Waals surface area contributed by atoms with Crippen LogP contribution in [-0.4, -0.2) is 42.7 Å². The highest BCUT2D eigenvalue weighted by atomic mass is 16.2. The first-order valence-corrected chi connectivity index (χ1v) is 7.62. The van der Waals surface area contributed by atoms with Crippen LogP contribution >= 0.6 is 0 Å². The number of nitrogens with zero attached hydrogens (tertiary/aromatic N) is 3. The first-order chi connectivity index (χ1) is 11.2. The second-order valence-electron chi connectivity index (χ2n) is 5.69. The maximum atomic E-state index is 13.0. The number of rotatable bonds is 2. The van der Waals surface area contributed by atoms with Gasteiger partial charge >= 0.3 is 5.69 Å². The Morgan fingerprint density at radius 3 is 2.87 bits per heavy atom. The van der Waals surface area contributed by atoms with Crippen molar-refractivity contribution in [2.75, 3.05) is 6.54 Å². The van der Waals surface area contributed by atoms with Crippen molar-refractivity contribution in [2.24, 2.45) is 0 Å². The number of nitrogens with one attached hydrogen (secondary N) is 3. The minimum Gasteiger partial charge on any atom is -0.327 e. The first-order valence-electron chi connectivity index (χ1n) is 7.62. The fraction of sp³-hybridized carbons (Fsp3) is 0.333. The molecule has 1 aromatic carbocycles. The van der Waals surface area contributed by atoms with E-state index in [2.05, 4.69) is 25.4 Å². The Kier molecular flexibility index (Phi) is 3.22. The second kappa shape index (κ2) is 5.38. The fourth-order valence-electron chi connectivity index (χ4n) is 3.16. The van der Waals surface area contributed by atoms with Crippen molar-refractivity contribution in [3.63, 3.8) is 0 Å².